The van der Waals surface area contributed by atoms with Crippen molar-refractivity contribution < 1.29 is 10.2 Å². The number of allylic oxidation sites excluding steroid dienone is 4. The average Bonchev–Trinajstić information content (AvgIpc) is 2.51. The van der Waals surface area contributed by atoms with Crippen LogP contribution >= 0.6 is 0 Å². The molecule has 24 heavy (non-hydrogen) atoms. The highest BCUT2D eigenvalue weighted by Crippen LogP contribution is 2.34. The summed E-state index contributed by atoms with van der Waals surface area (Å²) in [4.78, 5) is 0. The SMILES string of the molecule is CCCCC(C)c1cc(O)c(C/C=C(\C)CCC=C(C)C)c(O)c1. The zero-order chi connectivity index (χ0) is 18.1. The van der Waals surface area contributed by atoms with Crippen LogP contribution in [0.25, 0.3) is 0 Å². The van der Waals surface area contributed by atoms with Crippen molar-refractivity contribution in [2.24, 2.45) is 0 Å². The maximum absolute atomic E-state index is 10.3. The van der Waals surface area contributed by atoms with Gasteiger partial charge in [-0.3, -0.25) is 0 Å². The summed E-state index contributed by atoms with van der Waals surface area (Å²) in [6.45, 7) is 10.7. The highest BCUT2D eigenvalue weighted by atomic mass is 16.3. The lowest BCUT2D eigenvalue weighted by atomic mass is 9.93. The Morgan fingerprint density at radius 2 is 1.71 bits per heavy atom. The molecule has 0 heterocycles. The first-order valence-corrected chi connectivity index (χ1v) is 9.18. The minimum Gasteiger partial charge on any atom is -0.508 e. The molecule has 0 aliphatic rings. The van der Waals surface area contributed by atoms with Gasteiger partial charge in [0.05, 0.1) is 0 Å². The van der Waals surface area contributed by atoms with Crippen LogP contribution in [0.2, 0.25) is 0 Å². The molecule has 0 bridgehead atoms. The molecule has 1 aromatic rings. The number of aromatic hydroxyl groups is 2. The van der Waals surface area contributed by atoms with Crippen LogP contribution in [-0.2, 0) is 6.42 Å². The molecule has 0 radical (unpaired) electrons. The normalized spacial score (nSPS) is 13.0. The third kappa shape index (κ3) is 6.82. The standard InChI is InChI=1S/C22H34O2/c1-6-7-11-18(5)19-14-21(23)20(22(24)15-19)13-12-17(4)10-8-9-16(2)3/h9,12,14-15,18,23-24H,6-8,10-11,13H2,1-5H3/b17-12+. The van der Waals surface area contributed by atoms with Crippen molar-refractivity contribution in [2.75, 3.05) is 0 Å². The van der Waals surface area contributed by atoms with Crippen molar-refractivity contribution in [1.82, 2.24) is 0 Å². The lowest BCUT2D eigenvalue weighted by Crippen LogP contribution is -1.96. The number of benzene rings is 1. The molecule has 0 aliphatic heterocycles. The Bertz CT molecular complexity index is 555. The predicted molar refractivity (Wildman–Crippen MR) is 104 cm³/mol. The average molecular weight is 331 g/mol. The van der Waals surface area contributed by atoms with Crippen molar-refractivity contribution in [1.29, 1.82) is 0 Å². The van der Waals surface area contributed by atoms with E-state index in [2.05, 4.69) is 46.8 Å². The predicted octanol–water partition coefficient (Wildman–Crippen LogP) is 6.63. The van der Waals surface area contributed by atoms with E-state index in [0.29, 0.717) is 17.9 Å². The van der Waals surface area contributed by atoms with E-state index in [-0.39, 0.29) is 11.5 Å². The van der Waals surface area contributed by atoms with Gasteiger partial charge >= 0.3 is 0 Å². The van der Waals surface area contributed by atoms with Gasteiger partial charge in [-0.2, -0.15) is 0 Å². The zero-order valence-corrected chi connectivity index (χ0v) is 16.0. The van der Waals surface area contributed by atoms with Crippen LogP contribution in [0.4, 0.5) is 0 Å². The molecule has 134 valence electrons. The second kappa shape index (κ2) is 10.2. The summed E-state index contributed by atoms with van der Waals surface area (Å²) in [5.41, 5.74) is 4.27. The van der Waals surface area contributed by atoms with Crippen LogP contribution < -0.4 is 0 Å². The topological polar surface area (TPSA) is 40.5 Å². The van der Waals surface area contributed by atoms with Gasteiger partial charge in [0, 0.05) is 5.56 Å². The smallest absolute Gasteiger partial charge is 0.123 e. The van der Waals surface area contributed by atoms with Crippen LogP contribution in [0.3, 0.4) is 0 Å². The Morgan fingerprint density at radius 1 is 1.08 bits per heavy atom. The molecule has 0 saturated carbocycles. The summed E-state index contributed by atoms with van der Waals surface area (Å²) in [7, 11) is 0. The van der Waals surface area contributed by atoms with Crippen LogP contribution in [0.5, 0.6) is 11.5 Å². The number of phenols is 2. The van der Waals surface area contributed by atoms with E-state index >= 15 is 0 Å². The van der Waals surface area contributed by atoms with Crippen molar-refractivity contribution in [2.45, 2.75) is 79.1 Å². The van der Waals surface area contributed by atoms with E-state index in [4.69, 9.17) is 0 Å². The minimum absolute atomic E-state index is 0.210. The van der Waals surface area contributed by atoms with Crippen molar-refractivity contribution in [3.63, 3.8) is 0 Å². The van der Waals surface area contributed by atoms with Gasteiger partial charge in [0.1, 0.15) is 11.5 Å². The minimum atomic E-state index is 0.210. The molecule has 0 aliphatic carbocycles. The van der Waals surface area contributed by atoms with Crippen LogP contribution in [0, 0.1) is 0 Å². The van der Waals surface area contributed by atoms with Gasteiger partial charge in [-0.1, -0.05) is 50.0 Å². The molecule has 1 atom stereocenters. The van der Waals surface area contributed by atoms with E-state index in [1.807, 2.05) is 12.1 Å². The van der Waals surface area contributed by atoms with Gasteiger partial charge in [0.25, 0.3) is 0 Å². The summed E-state index contributed by atoms with van der Waals surface area (Å²) >= 11 is 0. The summed E-state index contributed by atoms with van der Waals surface area (Å²) in [5.74, 6) is 0.778. The van der Waals surface area contributed by atoms with Gasteiger partial charge < -0.3 is 10.2 Å². The van der Waals surface area contributed by atoms with Crippen molar-refractivity contribution >= 4 is 0 Å². The highest BCUT2D eigenvalue weighted by molar-refractivity contribution is 5.48. The Balaban J connectivity index is 2.77. The van der Waals surface area contributed by atoms with Gasteiger partial charge in [-0.25, -0.2) is 0 Å². The lowest BCUT2D eigenvalue weighted by molar-refractivity contribution is 0.438. The van der Waals surface area contributed by atoms with E-state index in [0.717, 1.165) is 37.7 Å². The van der Waals surface area contributed by atoms with E-state index in [1.54, 1.807) is 0 Å². The third-order valence-electron chi connectivity index (χ3n) is 4.53. The Morgan fingerprint density at radius 3 is 2.25 bits per heavy atom. The molecular weight excluding hydrogens is 296 g/mol. The van der Waals surface area contributed by atoms with E-state index in [1.165, 1.54) is 11.1 Å². The van der Waals surface area contributed by atoms with Gasteiger partial charge in [-0.15, -0.1) is 0 Å². The molecule has 1 aromatic carbocycles. The van der Waals surface area contributed by atoms with Gasteiger partial charge in [-0.05, 0) is 70.1 Å². The Kier molecular flexibility index (Phi) is 8.67. The Labute approximate surface area is 147 Å². The fraction of sp³-hybridized carbons (Fsp3) is 0.545. The number of phenolic OH excluding ortho intramolecular Hbond substituents is 2. The first-order chi connectivity index (χ1) is 11.3. The first kappa shape index (κ1) is 20.3. The molecule has 0 fully saturated rings. The molecule has 2 heteroatoms. The van der Waals surface area contributed by atoms with Crippen LogP contribution in [0.15, 0.2) is 35.4 Å². The van der Waals surface area contributed by atoms with Gasteiger partial charge in [0.15, 0.2) is 0 Å². The van der Waals surface area contributed by atoms with Crippen molar-refractivity contribution in [3.05, 3.63) is 46.6 Å². The van der Waals surface area contributed by atoms with Crippen LogP contribution in [-0.4, -0.2) is 10.2 Å². The number of rotatable bonds is 9. The highest BCUT2D eigenvalue weighted by Gasteiger charge is 2.13. The zero-order valence-electron chi connectivity index (χ0n) is 16.0. The molecule has 0 saturated heterocycles. The first-order valence-electron chi connectivity index (χ1n) is 9.18. The van der Waals surface area contributed by atoms with Crippen LogP contribution in [0.1, 0.15) is 83.8 Å². The molecule has 1 rings (SSSR count). The molecular formula is C22H34O2. The number of unbranched alkanes of at least 4 members (excludes halogenated alkanes) is 1. The fourth-order valence-electron chi connectivity index (χ4n) is 2.80. The van der Waals surface area contributed by atoms with E-state index in [9.17, 15) is 10.2 Å². The molecule has 0 amide bonds. The molecule has 1 unspecified atom stereocenters. The van der Waals surface area contributed by atoms with Crippen molar-refractivity contribution in [3.8, 4) is 11.5 Å². The maximum Gasteiger partial charge on any atom is 0.123 e. The summed E-state index contributed by atoms with van der Waals surface area (Å²) in [6.07, 6.45) is 10.4. The molecule has 2 nitrogen and oxygen atoms in total. The number of hydrogen-bond acceptors (Lipinski definition) is 2. The lowest BCUT2D eigenvalue weighted by Gasteiger charge is -2.14. The van der Waals surface area contributed by atoms with E-state index < -0.39 is 0 Å². The van der Waals surface area contributed by atoms with Gasteiger partial charge in [0.2, 0.25) is 0 Å². The third-order valence-corrected chi connectivity index (χ3v) is 4.53. The fourth-order valence-corrected chi connectivity index (χ4v) is 2.80. The molecule has 0 aromatic heterocycles. The molecule has 2 N–H and O–H groups in total. The Hall–Kier alpha value is -1.70. The largest absolute Gasteiger partial charge is 0.508 e. The quantitative estimate of drug-likeness (QED) is 0.499. The second-order valence-corrected chi connectivity index (χ2v) is 7.16. The number of hydrogen-bond donors (Lipinski definition) is 2. The summed E-state index contributed by atoms with van der Waals surface area (Å²) in [5, 5.41) is 20.6. The second-order valence-electron chi connectivity index (χ2n) is 7.16. The summed E-state index contributed by atoms with van der Waals surface area (Å²) in [6, 6.07) is 3.64. The molecule has 0 spiro atoms. The monoisotopic (exact) mass is 330 g/mol. The maximum atomic E-state index is 10.3. The summed E-state index contributed by atoms with van der Waals surface area (Å²) < 4.78 is 0.